The van der Waals surface area contributed by atoms with Gasteiger partial charge in [0, 0.05) is 12.6 Å². The molecule has 5 nitrogen and oxygen atoms in total. The summed E-state index contributed by atoms with van der Waals surface area (Å²) in [6.45, 7) is -2.96. The van der Waals surface area contributed by atoms with Crippen molar-refractivity contribution in [3.05, 3.63) is 41.7 Å². The summed E-state index contributed by atoms with van der Waals surface area (Å²) < 4.78 is 35.7. The van der Waals surface area contributed by atoms with Gasteiger partial charge in [-0.3, -0.25) is 4.68 Å². The molecule has 0 fully saturated rings. The summed E-state index contributed by atoms with van der Waals surface area (Å²) in [5.41, 5.74) is 0.576. The highest BCUT2D eigenvalue weighted by molar-refractivity contribution is 5.42. The Labute approximate surface area is 114 Å². The maximum atomic E-state index is 12.4. The van der Waals surface area contributed by atoms with Gasteiger partial charge in [-0.05, 0) is 6.07 Å². The largest absolute Gasteiger partial charge is 0.493 e. The van der Waals surface area contributed by atoms with Gasteiger partial charge in [-0.25, -0.2) is 0 Å². The molecule has 0 spiro atoms. The fraction of sp³-hybridized carbons (Fsp3) is 0.308. The molecular weight excluding hydrogens is 270 g/mol. The number of aliphatic hydroxyl groups excluding tert-OH is 1. The van der Waals surface area contributed by atoms with Crippen molar-refractivity contribution in [2.45, 2.75) is 12.7 Å². The normalized spacial score (nSPS) is 12.5. The van der Waals surface area contributed by atoms with E-state index in [1.807, 2.05) is 0 Å². The Morgan fingerprint density at radius 3 is 2.60 bits per heavy atom. The van der Waals surface area contributed by atoms with Crippen molar-refractivity contribution in [1.82, 2.24) is 9.78 Å². The zero-order chi connectivity index (χ0) is 14.7. The molecule has 0 aliphatic carbocycles. The lowest BCUT2D eigenvalue weighted by molar-refractivity contribution is -0.0513. The predicted octanol–water partition coefficient (Wildman–Crippen LogP) is 2.11. The summed E-state index contributed by atoms with van der Waals surface area (Å²) in [6.07, 6.45) is 0.252. The number of nitrogens with zero attached hydrogens (tertiary/aromatic N) is 2. The van der Waals surface area contributed by atoms with Crippen LogP contribution in [0.3, 0.4) is 0 Å². The summed E-state index contributed by atoms with van der Waals surface area (Å²) in [7, 11) is 3.06. The van der Waals surface area contributed by atoms with Gasteiger partial charge < -0.3 is 14.6 Å². The third kappa shape index (κ3) is 2.72. The first-order valence-electron chi connectivity index (χ1n) is 5.82. The number of para-hydroxylation sites is 1. The van der Waals surface area contributed by atoms with Crippen molar-refractivity contribution >= 4 is 0 Å². The first-order chi connectivity index (χ1) is 9.54. The number of aromatic nitrogens is 2. The average molecular weight is 284 g/mol. The van der Waals surface area contributed by atoms with Crippen LogP contribution >= 0.6 is 0 Å². The van der Waals surface area contributed by atoms with Crippen molar-refractivity contribution in [3.8, 4) is 11.5 Å². The highest BCUT2D eigenvalue weighted by Gasteiger charge is 2.24. The van der Waals surface area contributed by atoms with Gasteiger partial charge in [0.25, 0.3) is 0 Å². The molecule has 1 N–H and O–H groups in total. The molecule has 0 aliphatic rings. The second-order valence-corrected chi connectivity index (χ2v) is 4.04. The second kappa shape index (κ2) is 5.87. The molecule has 2 aromatic rings. The Morgan fingerprint density at radius 1 is 1.25 bits per heavy atom. The van der Waals surface area contributed by atoms with Gasteiger partial charge in [0.2, 0.25) is 0 Å². The minimum absolute atomic E-state index is 0.0850. The van der Waals surface area contributed by atoms with Crippen molar-refractivity contribution < 1.29 is 23.4 Å². The number of alkyl halides is 2. The van der Waals surface area contributed by atoms with Crippen molar-refractivity contribution in [3.63, 3.8) is 0 Å². The molecule has 1 aromatic carbocycles. The van der Waals surface area contributed by atoms with E-state index in [1.54, 1.807) is 19.2 Å². The predicted molar refractivity (Wildman–Crippen MR) is 66.9 cm³/mol. The molecule has 0 bridgehead atoms. The minimum atomic E-state index is -2.96. The van der Waals surface area contributed by atoms with Crippen LogP contribution in [0.15, 0.2) is 30.5 Å². The van der Waals surface area contributed by atoms with E-state index in [0.29, 0.717) is 11.4 Å². The minimum Gasteiger partial charge on any atom is -0.493 e. The Hall–Kier alpha value is -2.15. The molecule has 0 aliphatic heterocycles. The van der Waals surface area contributed by atoms with Crippen molar-refractivity contribution in [2.75, 3.05) is 7.11 Å². The number of aliphatic hydroxyl groups is 1. The first-order valence-corrected chi connectivity index (χ1v) is 5.82. The van der Waals surface area contributed by atoms with Gasteiger partial charge in [0.15, 0.2) is 5.75 Å². The molecule has 0 saturated heterocycles. The number of hydrogen-bond acceptors (Lipinski definition) is 4. The van der Waals surface area contributed by atoms with Crippen LogP contribution in [0.2, 0.25) is 0 Å². The van der Waals surface area contributed by atoms with Crippen LogP contribution in [-0.4, -0.2) is 28.6 Å². The summed E-state index contributed by atoms with van der Waals surface area (Å²) in [5.74, 6) is 0.283. The van der Waals surface area contributed by atoms with Crippen LogP contribution in [0.1, 0.15) is 17.4 Å². The maximum absolute atomic E-state index is 12.4. The summed E-state index contributed by atoms with van der Waals surface area (Å²) in [4.78, 5) is 0. The molecule has 1 heterocycles. The van der Waals surface area contributed by atoms with Gasteiger partial charge >= 0.3 is 6.61 Å². The van der Waals surface area contributed by atoms with Gasteiger partial charge in [-0.2, -0.15) is 13.9 Å². The van der Waals surface area contributed by atoms with Crippen molar-refractivity contribution in [1.29, 1.82) is 0 Å². The topological polar surface area (TPSA) is 56.5 Å². The number of hydrogen-bond donors (Lipinski definition) is 1. The van der Waals surface area contributed by atoms with E-state index >= 15 is 0 Å². The highest BCUT2D eigenvalue weighted by Crippen LogP contribution is 2.34. The van der Waals surface area contributed by atoms with Gasteiger partial charge in [0.05, 0.1) is 13.3 Å². The molecule has 1 unspecified atom stereocenters. The second-order valence-electron chi connectivity index (χ2n) is 4.04. The van der Waals surface area contributed by atoms with Crippen LogP contribution < -0.4 is 9.47 Å². The summed E-state index contributed by atoms with van der Waals surface area (Å²) >= 11 is 0. The lowest BCUT2D eigenvalue weighted by atomic mass is 10.0. The number of benzene rings is 1. The zero-order valence-electron chi connectivity index (χ0n) is 11.0. The smallest absolute Gasteiger partial charge is 0.387 e. The summed E-state index contributed by atoms with van der Waals surface area (Å²) in [5, 5.41) is 14.4. The Balaban J connectivity index is 2.42. The third-order valence-corrected chi connectivity index (χ3v) is 2.86. The number of halogens is 2. The van der Waals surface area contributed by atoms with E-state index in [1.165, 1.54) is 30.1 Å². The van der Waals surface area contributed by atoms with E-state index in [-0.39, 0.29) is 11.3 Å². The molecule has 108 valence electrons. The fourth-order valence-electron chi connectivity index (χ4n) is 1.95. The van der Waals surface area contributed by atoms with Gasteiger partial charge in [-0.1, -0.05) is 18.2 Å². The van der Waals surface area contributed by atoms with Crippen LogP contribution in [0.4, 0.5) is 8.78 Å². The Bertz CT molecular complexity index is 587. The van der Waals surface area contributed by atoms with E-state index in [2.05, 4.69) is 9.84 Å². The molecular formula is C13H14F2N2O3. The van der Waals surface area contributed by atoms with Crippen LogP contribution in [-0.2, 0) is 7.05 Å². The van der Waals surface area contributed by atoms with Crippen molar-refractivity contribution in [2.24, 2.45) is 7.05 Å². The number of aryl methyl sites for hydroxylation is 1. The van der Waals surface area contributed by atoms with Crippen LogP contribution in [0, 0.1) is 0 Å². The third-order valence-electron chi connectivity index (χ3n) is 2.86. The van der Waals surface area contributed by atoms with E-state index in [0.717, 1.165) is 0 Å². The average Bonchev–Trinajstić information content (AvgIpc) is 2.79. The maximum Gasteiger partial charge on any atom is 0.387 e. The van der Waals surface area contributed by atoms with E-state index in [4.69, 9.17) is 4.74 Å². The quantitative estimate of drug-likeness (QED) is 0.913. The van der Waals surface area contributed by atoms with Gasteiger partial charge in [0.1, 0.15) is 17.5 Å². The molecule has 7 heteroatoms. The van der Waals surface area contributed by atoms with Crippen LogP contribution in [0.25, 0.3) is 0 Å². The fourth-order valence-corrected chi connectivity index (χ4v) is 1.95. The SMILES string of the molecule is COc1cnn(C)c1C(O)c1ccccc1OC(F)F. The summed E-state index contributed by atoms with van der Waals surface area (Å²) in [6, 6.07) is 6.05. The number of ether oxygens (including phenoxy) is 2. The lowest BCUT2D eigenvalue weighted by Crippen LogP contribution is -2.11. The highest BCUT2D eigenvalue weighted by atomic mass is 19.3. The van der Waals surface area contributed by atoms with E-state index in [9.17, 15) is 13.9 Å². The Morgan fingerprint density at radius 2 is 1.95 bits per heavy atom. The van der Waals surface area contributed by atoms with Gasteiger partial charge in [-0.15, -0.1) is 0 Å². The lowest BCUT2D eigenvalue weighted by Gasteiger charge is -2.17. The molecule has 2 rings (SSSR count). The number of methoxy groups -OCH3 is 1. The molecule has 0 saturated carbocycles. The molecule has 0 radical (unpaired) electrons. The molecule has 20 heavy (non-hydrogen) atoms. The van der Waals surface area contributed by atoms with E-state index < -0.39 is 12.7 Å². The van der Waals surface area contributed by atoms with Crippen LogP contribution in [0.5, 0.6) is 11.5 Å². The molecule has 1 aromatic heterocycles. The monoisotopic (exact) mass is 284 g/mol. The molecule has 0 amide bonds. The Kier molecular flexibility index (Phi) is 4.19. The first kappa shape index (κ1) is 14.3. The number of rotatable bonds is 5. The zero-order valence-corrected chi connectivity index (χ0v) is 11.0. The standard InChI is InChI=1S/C13H14F2N2O3/c1-17-11(10(19-2)7-16-17)12(18)8-5-3-4-6-9(8)20-13(14)15/h3-7,12-13,18H,1-2H3. The molecule has 1 atom stereocenters.